The number of carbonyl (C=O) groups is 1. The summed E-state index contributed by atoms with van der Waals surface area (Å²) < 4.78 is 4.75. The van der Waals surface area contributed by atoms with Gasteiger partial charge in [0.1, 0.15) is 0 Å². The van der Waals surface area contributed by atoms with Crippen molar-refractivity contribution < 1.29 is 9.53 Å². The minimum atomic E-state index is -0.551. The zero-order valence-electron chi connectivity index (χ0n) is 10.9. The summed E-state index contributed by atoms with van der Waals surface area (Å²) in [6.07, 6.45) is 3.68. The molecule has 0 saturated carbocycles. The maximum atomic E-state index is 11.5. The summed E-state index contributed by atoms with van der Waals surface area (Å²) in [7, 11) is 1.38. The van der Waals surface area contributed by atoms with E-state index in [9.17, 15) is 4.79 Å². The first-order valence-corrected chi connectivity index (χ1v) is 5.57. The molecule has 2 N–H and O–H groups in total. The standard InChI is InChI=1S/C13H20N2O2/c1-12(2,14)13(3,8-11(16)17-4)10-6-5-7-15-9-10/h5-7,9H,8,14H2,1-4H3. The van der Waals surface area contributed by atoms with Gasteiger partial charge in [-0.3, -0.25) is 9.78 Å². The molecule has 4 heteroatoms. The van der Waals surface area contributed by atoms with E-state index in [4.69, 9.17) is 10.5 Å². The van der Waals surface area contributed by atoms with Crippen LogP contribution in [-0.2, 0) is 14.9 Å². The highest BCUT2D eigenvalue weighted by atomic mass is 16.5. The number of rotatable bonds is 4. The van der Waals surface area contributed by atoms with E-state index in [0.29, 0.717) is 0 Å². The van der Waals surface area contributed by atoms with Gasteiger partial charge in [-0.25, -0.2) is 0 Å². The van der Waals surface area contributed by atoms with Crippen LogP contribution in [0.5, 0.6) is 0 Å². The molecule has 0 radical (unpaired) electrons. The van der Waals surface area contributed by atoms with Crippen molar-refractivity contribution in [2.24, 2.45) is 5.73 Å². The Labute approximate surface area is 102 Å². The summed E-state index contributed by atoms with van der Waals surface area (Å²) in [5.41, 5.74) is 6.10. The average molecular weight is 236 g/mol. The van der Waals surface area contributed by atoms with Gasteiger partial charge in [0.25, 0.3) is 0 Å². The van der Waals surface area contributed by atoms with Gasteiger partial charge >= 0.3 is 5.97 Å². The Hall–Kier alpha value is -1.42. The van der Waals surface area contributed by atoms with E-state index >= 15 is 0 Å². The predicted molar refractivity (Wildman–Crippen MR) is 66.5 cm³/mol. The maximum absolute atomic E-state index is 11.5. The Bertz CT molecular complexity index is 384. The van der Waals surface area contributed by atoms with Gasteiger partial charge < -0.3 is 10.5 Å². The minimum Gasteiger partial charge on any atom is -0.469 e. The third-order valence-corrected chi connectivity index (χ3v) is 3.45. The van der Waals surface area contributed by atoms with Crippen LogP contribution in [0.1, 0.15) is 32.8 Å². The minimum absolute atomic E-state index is 0.235. The van der Waals surface area contributed by atoms with Gasteiger partial charge in [0, 0.05) is 23.3 Å². The topological polar surface area (TPSA) is 65.2 Å². The molecular weight excluding hydrogens is 216 g/mol. The molecule has 0 bridgehead atoms. The average Bonchev–Trinajstić information content (AvgIpc) is 2.28. The fourth-order valence-electron chi connectivity index (χ4n) is 1.75. The van der Waals surface area contributed by atoms with E-state index in [1.165, 1.54) is 7.11 Å². The van der Waals surface area contributed by atoms with Crippen molar-refractivity contribution in [1.82, 2.24) is 4.98 Å². The maximum Gasteiger partial charge on any atom is 0.306 e. The van der Waals surface area contributed by atoms with Crippen LogP contribution in [0.15, 0.2) is 24.5 Å². The Morgan fingerprint density at radius 1 is 1.47 bits per heavy atom. The summed E-state index contributed by atoms with van der Waals surface area (Å²) in [6, 6.07) is 3.78. The molecule has 0 spiro atoms. The highest BCUT2D eigenvalue weighted by molar-refractivity contribution is 5.71. The largest absolute Gasteiger partial charge is 0.469 e. The van der Waals surface area contributed by atoms with Crippen LogP contribution in [0.3, 0.4) is 0 Å². The first-order chi connectivity index (χ1) is 7.81. The number of ether oxygens (including phenoxy) is 1. The Morgan fingerprint density at radius 3 is 2.53 bits per heavy atom. The van der Waals surface area contributed by atoms with Crippen molar-refractivity contribution in [3.63, 3.8) is 0 Å². The molecule has 0 aliphatic rings. The van der Waals surface area contributed by atoms with Crippen LogP contribution in [0.25, 0.3) is 0 Å². The van der Waals surface area contributed by atoms with Crippen molar-refractivity contribution in [2.45, 2.75) is 38.1 Å². The molecular formula is C13H20N2O2. The number of pyridine rings is 1. The van der Waals surface area contributed by atoms with Crippen LogP contribution >= 0.6 is 0 Å². The quantitative estimate of drug-likeness (QED) is 0.807. The zero-order chi connectivity index (χ0) is 13.1. The molecule has 0 aliphatic heterocycles. The summed E-state index contributed by atoms with van der Waals surface area (Å²) in [5, 5.41) is 0. The Morgan fingerprint density at radius 2 is 2.12 bits per heavy atom. The molecule has 0 amide bonds. The second-order valence-corrected chi connectivity index (χ2v) is 5.05. The van der Waals surface area contributed by atoms with Crippen LogP contribution in [0, 0.1) is 0 Å². The molecule has 1 atom stereocenters. The smallest absolute Gasteiger partial charge is 0.306 e. The van der Waals surface area contributed by atoms with Crippen LogP contribution in [-0.4, -0.2) is 23.6 Å². The summed E-state index contributed by atoms with van der Waals surface area (Å²) in [5.74, 6) is -0.269. The molecule has 1 aromatic rings. The van der Waals surface area contributed by atoms with Gasteiger partial charge in [-0.05, 0) is 25.5 Å². The van der Waals surface area contributed by atoms with Crippen molar-refractivity contribution in [3.8, 4) is 0 Å². The molecule has 94 valence electrons. The normalized spacial score (nSPS) is 15.1. The number of hydrogen-bond donors (Lipinski definition) is 1. The third kappa shape index (κ3) is 2.82. The second-order valence-electron chi connectivity index (χ2n) is 5.05. The first-order valence-electron chi connectivity index (χ1n) is 5.57. The summed E-state index contributed by atoms with van der Waals surface area (Å²) >= 11 is 0. The molecule has 4 nitrogen and oxygen atoms in total. The Kier molecular flexibility index (Phi) is 3.88. The summed E-state index contributed by atoms with van der Waals surface area (Å²) in [4.78, 5) is 15.6. The molecule has 1 rings (SSSR count). The number of aromatic nitrogens is 1. The SMILES string of the molecule is COC(=O)CC(C)(c1cccnc1)C(C)(C)N. The number of esters is 1. The van der Waals surface area contributed by atoms with E-state index in [2.05, 4.69) is 4.98 Å². The first kappa shape index (κ1) is 13.6. The van der Waals surface area contributed by atoms with Gasteiger partial charge in [-0.1, -0.05) is 13.0 Å². The van der Waals surface area contributed by atoms with Crippen LogP contribution < -0.4 is 5.73 Å². The van der Waals surface area contributed by atoms with Gasteiger partial charge in [0.2, 0.25) is 0 Å². The van der Waals surface area contributed by atoms with Crippen molar-refractivity contribution in [3.05, 3.63) is 30.1 Å². The molecule has 1 aromatic heterocycles. The van der Waals surface area contributed by atoms with E-state index in [-0.39, 0.29) is 12.4 Å². The zero-order valence-corrected chi connectivity index (χ0v) is 10.9. The number of carbonyl (C=O) groups excluding carboxylic acids is 1. The summed E-state index contributed by atoms with van der Waals surface area (Å²) in [6.45, 7) is 5.77. The molecule has 0 aromatic carbocycles. The second kappa shape index (κ2) is 4.84. The molecule has 17 heavy (non-hydrogen) atoms. The van der Waals surface area contributed by atoms with Crippen LogP contribution in [0.2, 0.25) is 0 Å². The molecule has 1 heterocycles. The van der Waals surface area contributed by atoms with E-state index in [1.807, 2.05) is 32.9 Å². The van der Waals surface area contributed by atoms with E-state index in [1.54, 1.807) is 12.4 Å². The van der Waals surface area contributed by atoms with Gasteiger partial charge in [-0.15, -0.1) is 0 Å². The van der Waals surface area contributed by atoms with Gasteiger partial charge in [0.05, 0.1) is 13.5 Å². The third-order valence-electron chi connectivity index (χ3n) is 3.45. The van der Waals surface area contributed by atoms with E-state index in [0.717, 1.165) is 5.56 Å². The monoisotopic (exact) mass is 236 g/mol. The lowest BCUT2D eigenvalue weighted by Crippen LogP contribution is -2.53. The molecule has 0 fully saturated rings. The van der Waals surface area contributed by atoms with Crippen LogP contribution in [0.4, 0.5) is 0 Å². The van der Waals surface area contributed by atoms with Gasteiger partial charge in [0.15, 0.2) is 0 Å². The van der Waals surface area contributed by atoms with Crippen molar-refractivity contribution in [2.75, 3.05) is 7.11 Å². The number of hydrogen-bond acceptors (Lipinski definition) is 4. The lowest BCUT2D eigenvalue weighted by Gasteiger charge is -2.41. The highest BCUT2D eigenvalue weighted by Crippen LogP contribution is 2.36. The predicted octanol–water partition coefficient (Wildman–Crippen LogP) is 1.64. The lowest BCUT2D eigenvalue weighted by atomic mass is 9.67. The van der Waals surface area contributed by atoms with Gasteiger partial charge in [-0.2, -0.15) is 0 Å². The molecule has 1 unspecified atom stereocenters. The number of nitrogens with zero attached hydrogens (tertiary/aromatic N) is 1. The highest BCUT2D eigenvalue weighted by Gasteiger charge is 2.42. The lowest BCUT2D eigenvalue weighted by molar-refractivity contribution is -0.142. The van der Waals surface area contributed by atoms with Crippen molar-refractivity contribution >= 4 is 5.97 Å². The fourth-order valence-corrected chi connectivity index (χ4v) is 1.75. The van der Waals surface area contributed by atoms with Crippen molar-refractivity contribution in [1.29, 1.82) is 0 Å². The Balaban J connectivity index is 3.16. The molecule has 0 aliphatic carbocycles. The number of nitrogens with two attached hydrogens (primary N) is 1. The molecule has 0 saturated heterocycles. The van der Waals surface area contributed by atoms with E-state index < -0.39 is 11.0 Å². The number of methoxy groups -OCH3 is 1. The fraction of sp³-hybridized carbons (Fsp3) is 0.538.